The molecule has 4 heterocycles. The summed E-state index contributed by atoms with van der Waals surface area (Å²) in [5, 5.41) is 8.90. The summed E-state index contributed by atoms with van der Waals surface area (Å²) in [6.45, 7) is 0. The van der Waals surface area contributed by atoms with Gasteiger partial charge in [0.1, 0.15) is 23.3 Å². The molecule has 2 aromatic carbocycles. The molecule has 0 radical (unpaired) electrons. The predicted octanol–water partition coefficient (Wildman–Crippen LogP) is 8.62. The normalized spacial score (nSPS) is 10.9. The average Bonchev–Trinajstić information content (AvgIpc) is 3.04. The van der Waals surface area contributed by atoms with Gasteiger partial charge in [-0.15, -0.1) is 0 Å². The van der Waals surface area contributed by atoms with Gasteiger partial charge < -0.3 is 0 Å². The molecule has 0 bridgehead atoms. The smallest absolute Gasteiger partial charge is 0.138 e. The van der Waals surface area contributed by atoms with Crippen LogP contribution in [0.15, 0.2) is 156 Å². The fourth-order valence-electron chi connectivity index (χ4n) is 4.16. The van der Waals surface area contributed by atoms with E-state index in [-0.39, 0.29) is 0 Å². The van der Waals surface area contributed by atoms with Gasteiger partial charge in [-0.2, -0.15) is 10.2 Å². The van der Waals surface area contributed by atoms with Crippen LogP contribution in [-0.2, 0) is 0 Å². The summed E-state index contributed by atoms with van der Waals surface area (Å²) in [5.74, 6) is 3.12. The third kappa shape index (κ3) is 5.56. The number of hydrogen-bond donors (Lipinski definition) is 0. The van der Waals surface area contributed by atoms with Crippen molar-refractivity contribution >= 4 is 46.0 Å². The number of hydrogen-bond acceptors (Lipinski definition) is 8. The van der Waals surface area contributed by atoms with Crippen LogP contribution in [0.4, 0.5) is 46.0 Å². The van der Waals surface area contributed by atoms with Crippen molar-refractivity contribution in [3.63, 3.8) is 0 Å². The van der Waals surface area contributed by atoms with Crippen molar-refractivity contribution in [1.82, 2.24) is 19.9 Å². The molecular weight excluding hydrogens is 496 g/mol. The second-order valence-corrected chi connectivity index (χ2v) is 8.66. The summed E-state index contributed by atoms with van der Waals surface area (Å²) in [6, 6.07) is 38.9. The van der Waals surface area contributed by atoms with Gasteiger partial charge in [-0.3, -0.25) is 9.80 Å². The summed E-state index contributed by atoms with van der Waals surface area (Å²) in [6.07, 6.45) is 7.08. The molecule has 192 valence electrons. The Labute approximate surface area is 232 Å². The molecule has 8 nitrogen and oxygen atoms in total. The summed E-state index contributed by atoms with van der Waals surface area (Å²) < 4.78 is 0. The highest BCUT2D eigenvalue weighted by Crippen LogP contribution is 2.34. The Balaban J connectivity index is 1.22. The molecule has 4 aromatic heterocycles. The number of benzene rings is 2. The van der Waals surface area contributed by atoms with Gasteiger partial charge in [0, 0.05) is 36.2 Å². The highest BCUT2D eigenvalue weighted by molar-refractivity contribution is 5.74. The Morgan fingerprint density at radius 2 is 0.650 bits per heavy atom. The Bertz CT molecular complexity index is 1450. The first-order valence-electron chi connectivity index (χ1n) is 12.7. The molecule has 0 fully saturated rings. The lowest BCUT2D eigenvalue weighted by Gasteiger charge is -2.22. The number of anilines is 6. The highest BCUT2D eigenvalue weighted by Gasteiger charge is 2.15. The van der Waals surface area contributed by atoms with E-state index in [0.717, 1.165) is 46.0 Å². The maximum atomic E-state index is 4.52. The second-order valence-electron chi connectivity index (χ2n) is 8.66. The van der Waals surface area contributed by atoms with Crippen molar-refractivity contribution in [2.24, 2.45) is 10.2 Å². The lowest BCUT2D eigenvalue weighted by atomic mass is 10.2. The summed E-state index contributed by atoms with van der Waals surface area (Å²) in [4.78, 5) is 22.1. The Morgan fingerprint density at radius 1 is 0.350 bits per heavy atom. The van der Waals surface area contributed by atoms with Crippen LogP contribution >= 0.6 is 0 Å². The zero-order valence-electron chi connectivity index (χ0n) is 21.4. The number of aromatic nitrogens is 4. The molecule has 0 amide bonds. The maximum absolute atomic E-state index is 4.52. The molecule has 0 N–H and O–H groups in total. The van der Waals surface area contributed by atoms with Crippen LogP contribution in [0, 0.1) is 0 Å². The standard InChI is InChI=1S/C32H24N8/c1-5-21-33-29(9-1)39(30-10-2-6-22-34-30)27-17-13-25(14-18-27)37-38-26-15-19-28(20-16-26)40(31-11-3-7-23-35-31)32-12-4-8-24-36-32/h1-24H. The first-order valence-corrected chi connectivity index (χ1v) is 12.7. The number of pyridine rings is 4. The Morgan fingerprint density at radius 3 is 0.900 bits per heavy atom. The molecule has 0 atom stereocenters. The van der Waals surface area contributed by atoms with Crippen LogP contribution < -0.4 is 9.80 Å². The molecular formula is C32H24N8. The molecule has 0 saturated carbocycles. The third-order valence-corrected chi connectivity index (χ3v) is 6.01. The van der Waals surface area contributed by atoms with Crippen LogP contribution in [0.2, 0.25) is 0 Å². The van der Waals surface area contributed by atoms with E-state index in [1.54, 1.807) is 24.8 Å². The van der Waals surface area contributed by atoms with Crippen LogP contribution in [0.3, 0.4) is 0 Å². The van der Waals surface area contributed by atoms with Crippen LogP contribution in [-0.4, -0.2) is 19.9 Å². The van der Waals surface area contributed by atoms with Gasteiger partial charge in [0.25, 0.3) is 0 Å². The lowest BCUT2D eigenvalue weighted by Crippen LogP contribution is -2.12. The molecule has 0 spiro atoms. The van der Waals surface area contributed by atoms with Crippen molar-refractivity contribution < 1.29 is 0 Å². The first kappa shape index (κ1) is 24.6. The second kappa shape index (κ2) is 11.7. The minimum absolute atomic E-state index is 0.735. The highest BCUT2D eigenvalue weighted by atomic mass is 15.2. The SMILES string of the molecule is c1ccc(N(c2ccc(N=Nc3ccc(N(c4ccccn4)c4ccccn4)cc3)cc2)c2ccccn2)nc1. The molecule has 0 aliphatic heterocycles. The molecule has 6 rings (SSSR count). The minimum Gasteiger partial charge on any atom is -0.279 e. The van der Waals surface area contributed by atoms with Crippen molar-refractivity contribution in [2.45, 2.75) is 0 Å². The topological polar surface area (TPSA) is 82.8 Å². The average molecular weight is 521 g/mol. The quantitative estimate of drug-likeness (QED) is 0.187. The molecule has 0 aliphatic rings. The van der Waals surface area contributed by atoms with E-state index in [1.165, 1.54) is 0 Å². The molecule has 0 saturated heterocycles. The Hall–Kier alpha value is -5.76. The van der Waals surface area contributed by atoms with Gasteiger partial charge in [0.15, 0.2) is 0 Å². The lowest BCUT2D eigenvalue weighted by molar-refractivity contribution is 1.12. The molecule has 6 aromatic rings. The van der Waals surface area contributed by atoms with Gasteiger partial charge in [-0.05, 0) is 97.1 Å². The van der Waals surface area contributed by atoms with E-state index >= 15 is 0 Å². The van der Waals surface area contributed by atoms with Crippen molar-refractivity contribution in [3.8, 4) is 0 Å². The van der Waals surface area contributed by atoms with Crippen LogP contribution in [0.1, 0.15) is 0 Å². The van der Waals surface area contributed by atoms with Crippen molar-refractivity contribution in [1.29, 1.82) is 0 Å². The fourth-order valence-corrected chi connectivity index (χ4v) is 4.16. The zero-order valence-corrected chi connectivity index (χ0v) is 21.4. The van der Waals surface area contributed by atoms with Gasteiger partial charge in [-0.1, -0.05) is 24.3 Å². The van der Waals surface area contributed by atoms with Gasteiger partial charge in [-0.25, -0.2) is 19.9 Å². The zero-order chi connectivity index (χ0) is 27.0. The molecule has 8 heteroatoms. The van der Waals surface area contributed by atoms with E-state index in [2.05, 4.69) is 30.2 Å². The van der Waals surface area contributed by atoms with E-state index in [9.17, 15) is 0 Å². The van der Waals surface area contributed by atoms with E-state index in [4.69, 9.17) is 0 Å². The number of rotatable bonds is 8. The fraction of sp³-hybridized carbons (Fsp3) is 0. The van der Waals surface area contributed by atoms with E-state index in [1.807, 2.05) is 131 Å². The van der Waals surface area contributed by atoms with Gasteiger partial charge in [0.05, 0.1) is 11.4 Å². The van der Waals surface area contributed by atoms with Crippen molar-refractivity contribution in [2.75, 3.05) is 9.80 Å². The molecule has 40 heavy (non-hydrogen) atoms. The number of nitrogens with zero attached hydrogens (tertiary/aromatic N) is 8. The van der Waals surface area contributed by atoms with Crippen molar-refractivity contribution in [3.05, 3.63) is 146 Å². The maximum Gasteiger partial charge on any atom is 0.138 e. The van der Waals surface area contributed by atoms with Crippen LogP contribution in [0.5, 0.6) is 0 Å². The summed E-state index contributed by atoms with van der Waals surface area (Å²) in [5.41, 5.74) is 3.31. The van der Waals surface area contributed by atoms with E-state index in [0.29, 0.717) is 0 Å². The molecule has 0 unspecified atom stereocenters. The summed E-state index contributed by atoms with van der Waals surface area (Å²) >= 11 is 0. The Kier molecular flexibility index (Phi) is 7.21. The largest absolute Gasteiger partial charge is 0.279 e. The summed E-state index contributed by atoms with van der Waals surface area (Å²) in [7, 11) is 0. The monoisotopic (exact) mass is 520 g/mol. The number of azo groups is 1. The van der Waals surface area contributed by atoms with Gasteiger partial charge in [0.2, 0.25) is 0 Å². The molecule has 0 aliphatic carbocycles. The van der Waals surface area contributed by atoms with Crippen LogP contribution in [0.25, 0.3) is 0 Å². The minimum atomic E-state index is 0.735. The van der Waals surface area contributed by atoms with E-state index < -0.39 is 0 Å². The third-order valence-electron chi connectivity index (χ3n) is 6.01. The predicted molar refractivity (Wildman–Crippen MR) is 158 cm³/mol. The first-order chi connectivity index (χ1) is 19.8. The van der Waals surface area contributed by atoms with Gasteiger partial charge >= 0.3 is 0 Å².